The lowest BCUT2D eigenvalue weighted by Gasteiger charge is -1.95. The molecule has 0 aromatic carbocycles. The Balaban J connectivity index is 2.24. The normalized spacial score (nSPS) is 33.7. The Bertz CT molecular complexity index is 168. The first-order chi connectivity index (χ1) is 4.38. The van der Waals surface area contributed by atoms with E-state index in [1.165, 1.54) is 4.38 Å². The molecular weight excluding hydrogens is 154 g/mol. The van der Waals surface area contributed by atoms with Gasteiger partial charge in [-0.2, -0.15) is 4.58 Å². The number of hydrogen-bond donors (Lipinski definition) is 1. The molecule has 0 radical (unpaired) electrons. The van der Waals surface area contributed by atoms with E-state index in [9.17, 15) is 5.11 Å². The van der Waals surface area contributed by atoms with Gasteiger partial charge in [-0.1, -0.05) is 0 Å². The molecule has 0 saturated carbocycles. The summed E-state index contributed by atoms with van der Waals surface area (Å²) in [5.41, 5.74) is 0. The molecular formula is C5H8NOS2+. The lowest BCUT2D eigenvalue weighted by atomic mass is 10.6. The van der Waals surface area contributed by atoms with E-state index >= 15 is 0 Å². The maximum Gasteiger partial charge on any atom is 0.272 e. The van der Waals surface area contributed by atoms with Crippen molar-refractivity contribution >= 4 is 27.9 Å². The van der Waals surface area contributed by atoms with Gasteiger partial charge in [-0.25, -0.2) is 0 Å². The Morgan fingerprint density at radius 2 is 2.44 bits per heavy atom. The first-order valence-corrected chi connectivity index (χ1v) is 4.92. The van der Waals surface area contributed by atoms with E-state index in [1.54, 1.807) is 11.8 Å². The highest BCUT2D eigenvalue weighted by molar-refractivity contribution is 8.38. The fourth-order valence-electron chi connectivity index (χ4n) is 1.04. The van der Waals surface area contributed by atoms with Crippen LogP contribution >= 0.6 is 23.5 Å². The fourth-order valence-corrected chi connectivity index (χ4v) is 3.52. The number of aliphatic hydroxyl groups is 1. The molecule has 4 heteroatoms. The molecule has 2 aliphatic rings. The molecule has 0 bridgehead atoms. The molecule has 2 aliphatic heterocycles. The average Bonchev–Trinajstić information content (AvgIpc) is 2.35. The summed E-state index contributed by atoms with van der Waals surface area (Å²) in [7, 11) is 0. The van der Waals surface area contributed by atoms with Gasteiger partial charge in [0.25, 0.3) is 10.6 Å². The Morgan fingerprint density at radius 3 is 3.22 bits per heavy atom. The van der Waals surface area contributed by atoms with Crippen LogP contribution in [0, 0.1) is 0 Å². The average molecular weight is 162 g/mol. The van der Waals surface area contributed by atoms with E-state index in [0.29, 0.717) is 0 Å². The highest BCUT2D eigenvalue weighted by Crippen LogP contribution is 2.28. The van der Waals surface area contributed by atoms with Gasteiger partial charge in [0.2, 0.25) is 0 Å². The van der Waals surface area contributed by atoms with Crippen LogP contribution in [0.15, 0.2) is 0 Å². The lowest BCUT2D eigenvalue weighted by Crippen LogP contribution is -2.23. The summed E-state index contributed by atoms with van der Waals surface area (Å²) in [6, 6.07) is 0. The van der Waals surface area contributed by atoms with Crippen LogP contribution in [0.5, 0.6) is 0 Å². The van der Waals surface area contributed by atoms with Gasteiger partial charge in [0.05, 0.1) is 11.5 Å². The van der Waals surface area contributed by atoms with E-state index in [4.69, 9.17) is 0 Å². The molecule has 1 N–H and O–H groups in total. The molecule has 0 aromatic heterocycles. The van der Waals surface area contributed by atoms with E-state index < -0.39 is 0 Å². The first-order valence-electron chi connectivity index (χ1n) is 2.95. The van der Waals surface area contributed by atoms with Crippen LogP contribution in [0.3, 0.4) is 0 Å². The number of rotatable bonds is 0. The summed E-state index contributed by atoms with van der Waals surface area (Å²) in [4.78, 5) is 0. The van der Waals surface area contributed by atoms with Crippen molar-refractivity contribution in [2.45, 2.75) is 6.23 Å². The first kappa shape index (κ1) is 6.07. The smallest absolute Gasteiger partial charge is 0.272 e. The Kier molecular flexibility index (Phi) is 1.47. The quantitative estimate of drug-likeness (QED) is 0.513. The van der Waals surface area contributed by atoms with Crippen molar-refractivity contribution in [2.75, 3.05) is 18.1 Å². The van der Waals surface area contributed by atoms with Gasteiger partial charge in [-0.05, 0) is 23.5 Å². The van der Waals surface area contributed by atoms with Crippen LogP contribution in [-0.4, -0.2) is 38.3 Å². The summed E-state index contributed by atoms with van der Waals surface area (Å²) in [6.07, 6.45) is -0.194. The molecule has 0 saturated heterocycles. The molecule has 0 fully saturated rings. The second kappa shape index (κ2) is 2.18. The second-order valence-electron chi connectivity index (χ2n) is 2.10. The van der Waals surface area contributed by atoms with Crippen LogP contribution < -0.4 is 0 Å². The molecule has 9 heavy (non-hydrogen) atoms. The summed E-state index contributed by atoms with van der Waals surface area (Å²) in [5.74, 6) is 2.02. The summed E-state index contributed by atoms with van der Waals surface area (Å²) < 4.78 is 3.40. The van der Waals surface area contributed by atoms with Gasteiger partial charge in [0.1, 0.15) is 0 Å². The number of aliphatic hydroxyl groups excluding tert-OH is 1. The van der Waals surface area contributed by atoms with Crippen LogP contribution in [0.2, 0.25) is 0 Å². The minimum absolute atomic E-state index is 0.194. The van der Waals surface area contributed by atoms with Crippen molar-refractivity contribution in [3.8, 4) is 0 Å². The van der Waals surface area contributed by atoms with E-state index in [2.05, 4.69) is 4.58 Å². The molecule has 0 unspecified atom stereocenters. The highest BCUT2D eigenvalue weighted by Gasteiger charge is 2.36. The third-order valence-corrected chi connectivity index (χ3v) is 4.03. The van der Waals surface area contributed by atoms with Gasteiger partial charge in [0.15, 0.2) is 6.54 Å². The third kappa shape index (κ3) is 0.893. The fraction of sp³-hybridized carbons (Fsp3) is 0.800. The molecule has 2 nitrogen and oxygen atoms in total. The highest BCUT2D eigenvalue weighted by atomic mass is 32.2. The second-order valence-corrected chi connectivity index (χ2v) is 4.45. The van der Waals surface area contributed by atoms with Crippen molar-refractivity contribution in [3.05, 3.63) is 0 Å². The van der Waals surface area contributed by atoms with Crippen molar-refractivity contribution in [1.82, 2.24) is 0 Å². The number of nitrogens with zero attached hydrogens (tertiary/aromatic N) is 1. The Morgan fingerprint density at radius 1 is 1.56 bits per heavy atom. The van der Waals surface area contributed by atoms with Crippen molar-refractivity contribution < 1.29 is 9.68 Å². The molecule has 2 rings (SSSR count). The van der Waals surface area contributed by atoms with Crippen molar-refractivity contribution in [2.24, 2.45) is 0 Å². The SMILES string of the molecule is O[C@@H]1CSC2=[N+]1CCS2. The predicted molar refractivity (Wildman–Crippen MR) is 41.1 cm³/mol. The lowest BCUT2D eigenvalue weighted by molar-refractivity contribution is -0.589. The van der Waals surface area contributed by atoms with Crippen LogP contribution in [-0.2, 0) is 0 Å². The standard InChI is InChI=1S/C5H8NOS2/c7-4-3-9-5-6(4)1-2-8-5/h4,7H,1-3H2/q+1/t4-/m1/s1. The summed E-state index contributed by atoms with van der Waals surface area (Å²) >= 11 is 3.64. The van der Waals surface area contributed by atoms with Gasteiger partial charge in [-0.15, -0.1) is 0 Å². The molecule has 2 heterocycles. The predicted octanol–water partition coefficient (Wildman–Crippen LogP) is 0.167. The summed E-state index contributed by atoms with van der Waals surface area (Å²) in [6.45, 7) is 1.04. The van der Waals surface area contributed by atoms with Crippen molar-refractivity contribution in [3.63, 3.8) is 0 Å². The minimum Gasteiger partial charge on any atom is -0.336 e. The molecule has 0 amide bonds. The minimum atomic E-state index is -0.194. The van der Waals surface area contributed by atoms with Gasteiger partial charge < -0.3 is 5.11 Å². The zero-order valence-electron chi connectivity index (χ0n) is 4.91. The van der Waals surface area contributed by atoms with E-state index in [0.717, 1.165) is 18.1 Å². The molecule has 0 spiro atoms. The maximum atomic E-state index is 9.27. The Hall–Kier alpha value is 0.330. The topological polar surface area (TPSA) is 23.2 Å². The Labute approximate surface area is 62.3 Å². The van der Waals surface area contributed by atoms with Crippen LogP contribution in [0.4, 0.5) is 0 Å². The molecule has 0 aliphatic carbocycles. The third-order valence-electron chi connectivity index (χ3n) is 1.51. The van der Waals surface area contributed by atoms with Crippen LogP contribution in [0.25, 0.3) is 0 Å². The molecule has 1 atom stereocenters. The van der Waals surface area contributed by atoms with Gasteiger partial charge in [0, 0.05) is 0 Å². The zero-order valence-corrected chi connectivity index (χ0v) is 6.54. The molecule has 0 aromatic rings. The van der Waals surface area contributed by atoms with Gasteiger partial charge >= 0.3 is 0 Å². The van der Waals surface area contributed by atoms with E-state index in [1.807, 2.05) is 11.8 Å². The zero-order chi connectivity index (χ0) is 6.27. The van der Waals surface area contributed by atoms with E-state index in [-0.39, 0.29) is 6.23 Å². The monoisotopic (exact) mass is 162 g/mol. The van der Waals surface area contributed by atoms with Crippen LogP contribution in [0.1, 0.15) is 0 Å². The van der Waals surface area contributed by atoms with Crippen molar-refractivity contribution in [1.29, 1.82) is 0 Å². The maximum absolute atomic E-state index is 9.27. The largest absolute Gasteiger partial charge is 0.336 e. The molecule has 50 valence electrons. The number of thioether (sulfide) groups is 2. The number of hydrogen-bond acceptors (Lipinski definition) is 3. The summed E-state index contributed by atoms with van der Waals surface area (Å²) in [5, 5.41) is 9.27. The van der Waals surface area contributed by atoms with Gasteiger partial charge in [-0.3, -0.25) is 0 Å².